The Morgan fingerprint density at radius 1 is 1.54 bits per heavy atom. The molecule has 1 heterocycles. The van der Waals surface area contributed by atoms with Gasteiger partial charge in [0.15, 0.2) is 5.69 Å². The monoisotopic (exact) mass is 176 g/mol. The zero-order chi connectivity index (χ0) is 9.68. The summed E-state index contributed by atoms with van der Waals surface area (Å²) in [7, 11) is 0. The first-order valence-corrected chi connectivity index (χ1v) is 4.25. The van der Waals surface area contributed by atoms with Crippen LogP contribution in [-0.2, 0) is 0 Å². The molecule has 0 spiro atoms. The van der Waals surface area contributed by atoms with Crippen LogP contribution in [0, 0.1) is 11.3 Å². The fourth-order valence-electron chi connectivity index (χ4n) is 0.815. The van der Waals surface area contributed by atoms with Gasteiger partial charge in [-0.3, -0.25) is 0 Å². The molecule has 13 heavy (non-hydrogen) atoms. The number of hydrogen-bond donors (Lipinski definition) is 1. The summed E-state index contributed by atoms with van der Waals surface area (Å²) in [5.41, 5.74) is 0.342. The van der Waals surface area contributed by atoms with Gasteiger partial charge < -0.3 is 5.32 Å². The Morgan fingerprint density at radius 3 is 2.77 bits per heavy atom. The summed E-state index contributed by atoms with van der Waals surface area (Å²) in [6.45, 7) is 4.16. The van der Waals surface area contributed by atoms with Crippen LogP contribution in [0.3, 0.4) is 0 Å². The highest BCUT2D eigenvalue weighted by atomic mass is 15.0. The van der Waals surface area contributed by atoms with E-state index >= 15 is 0 Å². The second-order valence-electron chi connectivity index (χ2n) is 2.85. The first kappa shape index (κ1) is 9.46. The van der Waals surface area contributed by atoms with E-state index in [1.807, 2.05) is 6.07 Å². The fourth-order valence-corrected chi connectivity index (χ4v) is 0.815. The van der Waals surface area contributed by atoms with Crippen molar-refractivity contribution in [3.05, 3.63) is 18.1 Å². The average molecular weight is 176 g/mol. The quantitative estimate of drug-likeness (QED) is 0.759. The maximum absolute atomic E-state index is 8.48. The largest absolute Gasteiger partial charge is 0.366 e. The van der Waals surface area contributed by atoms with Crippen molar-refractivity contribution in [2.24, 2.45) is 0 Å². The predicted molar refractivity (Wildman–Crippen MR) is 50.1 cm³/mol. The zero-order valence-corrected chi connectivity index (χ0v) is 7.78. The van der Waals surface area contributed by atoms with Crippen LogP contribution < -0.4 is 5.32 Å². The van der Waals surface area contributed by atoms with Crippen molar-refractivity contribution in [3.8, 4) is 6.07 Å². The summed E-state index contributed by atoms with van der Waals surface area (Å²) in [4.78, 5) is 7.94. The van der Waals surface area contributed by atoms with Crippen molar-refractivity contribution < 1.29 is 0 Å². The summed E-state index contributed by atoms with van der Waals surface area (Å²) in [6, 6.07) is 2.30. The van der Waals surface area contributed by atoms with Crippen LogP contribution in [0.1, 0.15) is 26.0 Å². The molecule has 0 saturated heterocycles. The van der Waals surface area contributed by atoms with E-state index in [1.165, 1.54) is 6.20 Å². The molecule has 0 aromatic carbocycles. The number of nitrogens with zero attached hydrogens (tertiary/aromatic N) is 3. The summed E-state index contributed by atoms with van der Waals surface area (Å²) in [5, 5.41) is 11.6. The molecule has 0 bridgehead atoms. The van der Waals surface area contributed by atoms with Gasteiger partial charge in [-0.2, -0.15) is 5.26 Å². The second kappa shape index (κ2) is 4.41. The molecule has 0 radical (unpaired) electrons. The number of aromatic nitrogens is 2. The number of nitriles is 1. The normalized spacial score (nSPS) is 11.8. The van der Waals surface area contributed by atoms with Gasteiger partial charge in [-0.05, 0) is 13.3 Å². The zero-order valence-electron chi connectivity index (χ0n) is 7.78. The standard InChI is InChI=1S/C9H12N4/c1-3-7(2)13-9-6-11-8(4-10)5-12-9/h5-7H,3H2,1-2H3,(H,12,13). The van der Waals surface area contributed by atoms with Gasteiger partial charge in [0.25, 0.3) is 0 Å². The molecule has 0 aliphatic carbocycles. The minimum absolute atomic E-state index is 0.342. The van der Waals surface area contributed by atoms with Crippen molar-refractivity contribution >= 4 is 5.82 Å². The lowest BCUT2D eigenvalue weighted by Crippen LogP contribution is -2.14. The molecule has 1 unspecified atom stereocenters. The lowest BCUT2D eigenvalue weighted by atomic mass is 10.3. The molecule has 1 N–H and O–H groups in total. The van der Waals surface area contributed by atoms with E-state index in [-0.39, 0.29) is 0 Å². The lowest BCUT2D eigenvalue weighted by Gasteiger charge is -2.10. The van der Waals surface area contributed by atoms with Crippen LogP contribution in [0.5, 0.6) is 0 Å². The van der Waals surface area contributed by atoms with Gasteiger partial charge in [-0.1, -0.05) is 6.92 Å². The van der Waals surface area contributed by atoms with Crippen LogP contribution >= 0.6 is 0 Å². The smallest absolute Gasteiger partial charge is 0.158 e. The Labute approximate surface area is 77.6 Å². The highest BCUT2D eigenvalue weighted by molar-refractivity contribution is 5.33. The van der Waals surface area contributed by atoms with Gasteiger partial charge in [0.05, 0.1) is 12.4 Å². The molecular weight excluding hydrogens is 164 g/mol. The topological polar surface area (TPSA) is 61.6 Å². The van der Waals surface area contributed by atoms with E-state index in [4.69, 9.17) is 5.26 Å². The van der Waals surface area contributed by atoms with Crippen molar-refractivity contribution in [2.45, 2.75) is 26.3 Å². The van der Waals surface area contributed by atoms with Crippen LogP contribution in [0.15, 0.2) is 12.4 Å². The van der Waals surface area contributed by atoms with E-state index in [1.54, 1.807) is 6.20 Å². The van der Waals surface area contributed by atoms with E-state index < -0.39 is 0 Å². The summed E-state index contributed by atoms with van der Waals surface area (Å²) < 4.78 is 0. The molecule has 0 fully saturated rings. The van der Waals surface area contributed by atoms with Gasteiger partial charge in [0, 0.05) is 6.04 Å². The van der Waals surface area contributed by atoms with Crippen LogP contribution in [0.25, 0.3) is 0 Å². The Kier molecular flexibility index (Phi) is 3.21. The van der Waals surface area contributed by atoms with Gasteiger partial charge in [0.1, 0.15) is 11.9 Å². The average Bonchev–Trinajstić information content (AvgIpc) is 2.19. The van der Waals surface area contributed by atoms with Crippen LogP contribution in [0.2, 0.25) is 0 Å². The van der Waals surface area contributed by atoms with Crippen LogP contribution in [-0.4, -0.2) is 16.0 Å². The highest BCUT2D eigenvalue weighted by Crippen LogP contribution is 2.03. The lowest BCUT2D eigenvalue weighted by molar-refractivity contribution is 0.758. The molecule has 0 amide bonds. The summed E-state index contributed by atoms with van der Waals surface area (Å²) >= 11 is 0. The third-order valence-corrected chi connectivity index (χ3v) is 1.77. The third kappa shape index (κ3) is 2.71. The molecule has 4 nitrogen and oxygen atoms in total. The van der Waals surface area contributed by atoms with Crippen molar-refractivity contribution in [3.63, 3.8) is 0 Å². The molecule has 0 aliphatic rings. The highest BCUT2D eigenvalue weighted by Gasteiger charge is 1.99. The number of rotatable bonds is 3. The SMILES string of the molecule is CCC(C)Nc1cnc(C#N)cn1. The Balaban J connectivity index is 2.65. The molecule has 0 saturated carbocycles. The van der Waals surface area contributed by atoms with Crippen molar-refractivity contribution in [1.29, 1.82) is 5.26 Å². The number of anilines is 1. The minimum atomic E-state index is 0.342. The van der Waals surface area contributed by atoms with E-state index in [9.17, 15) is 0 Å². The molecule has 1 aromatic heterocycles. The number of nitrogens with one attached hydrogen (secondary N) is 1. The number of hydrogen-bond acceptors (Lipinski definition) is 4. The predicted octanol–water partition coefficient (Wildman–Crippen LogP) is 1.56. The second-order valence-corrected chi connectivity index (χ2v) is 2.85. The molecule has 0 aliphatic heterocycles. The van der Waals surface area contributed by atoms with Crippen molar-refractivity contribution in [2.75, 3.05) is 5.32 Å². The van der Waals surface area contributed by atoms with Gasteiger partial charge >= 0.3 is 0 Å². The first-order valence-electron chi connectivity index (χ1n) is 4.25. The van der Waals surface area contributed by atoms with Crippen LogP contribution in [0.4, 0.5) is 5.82 Å². The molecule has 4 heteroatoms. The van der Waals surface area contributed by atoms with E-state index in [2.05, 4.69) is 29.1 Å². The Morgan fingerprint density at radius 2 is 2.31 bits per heavy atom. The Bertz CT molecular complexity index is 298. The van der Waals surface area contributed by atoms with Crippen molar-refractivity contribution in [1.82, 2.24) is 9.97 Å². The molecular formula is C9H12N4. The Hall–Kier alpha value is -1.63. The molecule has 68 valence electrons. The molecule has 1 aromatic rings. The maximum Gasteiger partial charge on any atom is 0.158 e. The fraction of sp³-hybridized carbons (Fsp3) is 0.444. The molecule has 1 atom stereocenters. The third-order valence-electron chi connectivity index (χ3n) is 1.77. The molecule has 1 rings (SSSR count). The summed E-state index contributed by atoms with van der Waals surface area (Å²) in [5.74, 6) is 0.716. The first-order chi connectivity index (χ1) is 6.26. The van der Waals surface area contributed by atoms with Gasteiger partial charge in [-0.25, -0.2) is 9.97 Å². The van der Waals surface area contributed by atoms with E-state index in [0.717, 1.165) is 6.42 Å². The van der Waals surface area contributed by atoms with Gasteiger partial charge in [0.2, 0.25) is 0 Å². The maximum atomic E-state index is 8.48. The van der Waals surface area contributed by atoms with E-state index in [0.29, 0.717) is 17.6 Å². The minimum Gasteiger partial charge on any atom is -0.366 e. The van der Waals surface area contributed by atoms with Gasteiger partial charge in [-0.15, -0.1) is 0 Å². The summed E-state index contributed by atoms with van der Waals surface area (Å²) in [6.07, 6.45) is 4.07.